The highest BCUT2D eigenvalue weighted by atomic mass is 19.1. The molecule has 0 amide bonds. The van der Waals surface area contributed by atoms with E-state index in [9.17, 15) is 9.18 Å². The first-order chi connectivity index (χ1) is 9.01. The van der Waals surface area contributed by atoms with E-state index >= 15 is 0 Å². The van der Waals surface area contributed by atoms with Crippen LogP contribution in [0.25, 0.3) is 0 Å². The van der Waals surface area contributed by atoms with E-state index in [1.165, 1.54) is 19.2 Å². The van der Waals surface area contributed by atoms with Crippen molar-refractivity contribution in [1.82, 2.24) is 5.32 Å². The van der Waals surface area contributed by atoms with Crippen molar-refractivity contribution in [1.29, 1.82) is 0 Å². The summed E-state index contributed by atoms with van der Waals surface area (Å²) in [5, 5.41) is 3.22. The third-order valence-corrected chi connectivity index (χ3v) is 4.17. The van der Waals surface area contributed by atoms with E-state index in [1.54, 1.807) is 6.07 Å². The van der Waals surface area contributed by atoms with E-state index in [2.05, 4.69) is 5.32 Å². The summed E-state index contributed by atoms with van der Waals surface area (Å²) in [6.07, 6.45) is 0.759. The van der Waals surface area contributed by atoms with Crippen LogP contribution in [0.5, 0.6) is 5.75 Å². The Hall–Kier alpha value is -1.42. The molecule has 1 aliphatic heterocycles. The molecule has 0 saturated carbocycles. The summed E-state index contributed by atoms with van der Waals surface area (Å²) in [6, 6.07) is 4.43. The van der Waals surface area contributed by atoms with Crippen LogP contribution >= 0.6 is 0 Å². The molecule has 104 valence electrons. The maximum absolute atomic E-state index is 14.1. The second-order valence-corrected chi connectivity index (χ2v) is 5.41. The van der Waals surface area contributed by atoms with Gasteiger partial charge in [0.05, 0.1) is 12.7 Å². The van der Waals surface area contributed by atoms with Gasteiger partial charge in [-0.3, -0.25) is 4.79 Å². The van der Waals surface area contributed by atoms with Crippen LogP contribution in [0.2, 0.25) is 0 Å². The van der Waals surface area contributed by atoms with Gasteiger partial charge in [0, 0.05) is 18.0 Å². The number of halogens is 1. The average molecular weight is 265 g/mol. The second-order valence-electron chi connectivity index (χ2n) is 5.41. The summed E-state index contributed by atoms with van der Waals surface area (Å²) in [5.41, 5.74) is -0.326. The second kappa shape index (κ2) is 5.29. The van der Waals surface area contributed by atoms with E-state index in [0.717, 1.165) is 13.0 Å². The summed E-state index contributed by atoms with van der Waals surface area (Å²) in [4.78, 5) is 12.7. The highest BCUT2D eigenvalue weighted by Crippen LogP contribution is 2.38. The summed E-state index contributed by atoms with van der Waals surface area (Å²) in [7, 11) is 1.48. The zero-order valence-electron chi connectivity index (χ0n) is 11.6. The first-order valence-corrected chi connectivity index (χ1v) is 6.60. The van der Waals surface area contributed by atoms with Crippen LogP contribution in [-0.4, -0.2) is 26.0 Å². The quantitative estimate of drug-likeness (QED) is 0.851. The molecule has 1 atom stereocenters. The lowest BCUT2D eigenvalue weighted by atomic mass is 9.71. The Labute approximate surface area is 113 Å². The topological polar surface area (TPSA) is 38.3 Å². The van der Waals surface area contributed by atoms with Crippen molar-refractivity contribution >= 4 is 5.78 Å². The molecule has 4 heteroatoms. The van der Waals surface area contributed by atoms with Crippen molar-refractivity contribution in [2.75, 3.05) is 20.2 Å². The molecule has 19 heavy (non-hydrogen) atoms. The van der Waals surface area contributed by atoms with Gasteiger partial charge in [0.1, 0.15) is 11.6 Å². The van der Waals surface area contributed by atoms with Crippen molar-refractivity contribution in [2.45, 2.75) is 20.3 Å². The average Bonchev–Trinajstić information content (AvgIpc) is 2.88. The van der Waals surface area contributed by atoms with E-state index in [-0.39, 0.29) is 17.3 Å². The van der Waals surface area contributed by atoms with E-state index in [0.29, 0.717) is 12.3 Å². The molecule has 0 aromatic heterocycles. The largest absolute Gasteiger partial charge is 0.497 e. The van der Waals surface area contributed by atoms with Gasteiger partial charge in [0.15, 0.2) is 5.78 Å². The van der Waals surface area contributed by atoms with Gasteiger partial charge in [-0.2, -0.15) is 0 Å². The van der Waals surface area contributed by atoms with Crippen LogP contribution in [0.4, 0.5) is 4.39 Å². The molecule has 2 rings (SSSR count). The van der Waals surface area contributed by atoms with Crippen molar-refractivity contribution in [3.8, 4) is 5.75 Å². The van der Waals surface area contributed by atoms with Crippen LogP contribution in [0.3, 0.4) is 0 Å². The summed E-state index contributed by atoms with van der Waals surface area (Å²) < 4.78 is 19.0. The molecule has 1 aromatic rings. The molecular formula is C15H20FNO2. The first-order valence-electron chi connectivity index (χ1n) is 6.60. The van der Waals surface area contributed by atoms with Gasteiger partial charge in [0.2, 0.25) is 0 Å². The fourth-order valence-corrected chi connectivity index (χ4v) is 2.74. The van der Waals surface area contributed by atoms with Crippen LogP contribution < -0.4 is 10.1 Å². The lowest BCUT2D eigenvalue weighted by Gasteiger charge is -2.31. The predicted molar refractivity (Wildman–Crippen MR) is 72.0 cm³/mol. The Morgan fingerprint density at radius 1 is 1.47 bits per heavy atom. The molecule has 1 unspecified atom stereocenters. The molecule has 1 saturated heterocycles. The summed E-state index contributed by atoms with van der Waals surface area (Å²) in [6.45, 7) is 5.47. The number of methoxy groups -OCH3 is 1. The number of Topliss-reactive ketones (excluding diaryl/α,β-unsaturated/α-hetero) is 1. The smallest absolute Gasteiger partial charge is 0.173 e. The van der Waals surface area contributed by atoms with Crippen molar-refractivity contribution < 1.29 is 13.9 Å². The monoisotopic (exact) mass is 265 g/mol. The minimum Gasteiger partial charge on any atom is -0.497 e. The summed E-state index contributed by atoms with van der Waals surface area (Å²) >= 11 is 0. The molecule has 1 N–H and O–H groups in total. The number of ether oxygens (including phenoxy) is 1. The number of hydrogen-bond acceptors (Lipinski definition) is 3. The molecule has 0 spiro atoms. The predicted octanol–water partition coefficient (Wildman–Crippen LogP) is 2.65. The Balaban J connectivity index is 2.38. The SMILES string of the molecule is COc1ccc(C(=O)C2(C(C)C)CCNC2)c(F)c1. The number of hydrogen-bond donors (Lipinski definition) is 1. The molecule has 0 bridgehead atoms. The summed E-state index contributed by atoms with van der Waals surface area (Å²) in [5.74, 6) is -0.00220. The fraction of sp³-hybridized carbons (Fsp3) is 0.533. The van der Waals surface area contributed by atoms with Gasteiger partial charge in [0.25, 0.3) is 0 Å². The molecule has 1 fully saturated rings. The lowest BCUT2D eigenvalue weighted by molar-refractivity contribution is 0.0735. The van der Waals surface area contributed by atoms with E-state index < -0.39 is 11.2 Å². The molecule has 3 nitrogen and oxygen atoms in total. The molecule has 0 radical (unpaired) electrons. The molecule has 1 aliphatic rings. The Bertz CT molecular complexity index is 479. The molecule has 1 aromatic carbocycles. The third-order valence-electron chi connectivity index (χ3n) is 4.17. The van der Waals surface area contributed by atoms with Gasteiger partial charge in [-0.15, -0.1) is 0 Å². The van der Waals surface area contributed by atoms with E-state index in [4.69, 9.17) is 4.74 Å². The van der Waals surface area contributed by atoms with Gasteiger partial charge >= 0.3 is 0 Å². The third kappa shape index (κ3) is 2.37. The number of nitrogens with one attached hydrogen (secondary N) is 1. The molecule has 0 aliphatic carbocycles. The van der Waals surface area contributed by atoms with Crippen molar-refractivity contribution in [3.05, 3.63) is 29.6 Å². The molecular weight excluding hydrogens is 245 g/mol. The number of benzene rings is 1. The lowest BCUT2D eigenvalue weighted by Crippen LogP contribution is -2.39. The van der Waals surface area contributed by atoms with Crippen LogP contribution in [-0.2, 0) is 0 Å². The normalized spacial score (nSPS) is 22.8. The minimum absolute atomic E-state index is 0.104. The zero-order chi connectivity index (χ0) is 14.0. The number of rotatable bonds is 4. The highest BCUT2D eigenvalue weighted by molar-refractivity contribution is 6.01. The van der Waals surface area contributed by atoms with Crippen LogP contribution in [0.1, 0.15) is 30.6 Å². The number of carbonyl (C=O) groups is 1. The van der Waals surface area contributed by atoms with Crippen LogP contribution in [0.15, 0.2) is 18.2 Å². The fourth-order valence-electron chi connectivity index (χ4n) is 2.74. The highest BCUT2D eigenvalue weighted by Gasteiger charge is 2.44. The maximum atomic E-state index is 14.1. The van der Waals surface area contributed by atoms with Gasteiger partial charge in [-0.1, -0.05) is 13.8 Å². The Morgan fingerprint density at radius 3 is 2.68 bits per heavy atom. The number of carbonyl (C=O) groups excluding carboxylic acids is 1. The number of ketones is 1. The standard InChI is InChI=1S/C15H20FNO2/c1-10(2)15(6-7-17-9-15)14(18)12-5-4-11(19-3)8-13(12)16/h4-5,8,10,17H,6-7,9H2,1-3H3. The van der Waals surface area contributed by atoms with Crippen LogP contribution in [0, 0.1) is 17.2 Å². The Morgan fingerprint density at radius 2 is 2.21 bits per heavy atom. The Kier molecular flexibility index (Phi) is 3.90. The van der Waals surface area contributed by atoms with E-state index in [1.807, 2.05) is 13.8 Å². The van der Waals surface area contributed by atoms with Gasteiger partial charge in [-0.05, 0) is 31.0 Å². The maximum Gasteiger partial charge on any atom is 0.173 e. The first kappa shape index (κ1) is 14.0. The van der Waals surface area contributed by atoms with Gasteiger partial charge < -0.3 is 10.1 Å². The minimum atomic E-state index is -0.503. The molecule has 1 heterocycles. The zero-order valence-corrected chi connectivity index (χ0v) is 11.6. The van der Waals surface area contributed by atoms with Crippen molar-refractivity contribution in [3.63, 3.8) is 0 Å². The van der Waals surface area contributed by atoms with Crippen molar-refractivity contribution in [2.24, 2.45) is 11.3 Å². The van der Waals surface area contributed by atoms with Gasteiger partial charge in [-0.25, -0.2) is 4.39 Å².